The zero-order valence-electron chi connectivity index (χ0n) is 14.9. The Labute approximate surface area is 175 Å². The number of thioether (sulfide) groups is 1. The number of benzene rings is 2. The average Bonchev–Trinajstić information content (AvgIpc) is 2.69. The van der Waals surface area contributed by atoms with E-state index < -0.39 is 15.8 Å². The summed E-state index contributed by atoms with van der Waals surface area (Å²) in [4.78, 5) is 15.1. The number of nitrogens with zero attached hydrogens (tertiary/aromatic N) is 1. The van der Waals surface area contributed by atoms with E-state index >= 15 is 0 Å². The maximum Gasteiger partial charge on any atom is 0.262 e. The maximum absolute atomic E-state index is 14.0. The third kappa shape index (κ3) is 4.68. The number of halogens is 2. The molecule has 150 valence electrons. The van der Waals surface area contributed by atoms with Crippen LogP contribution >= 0.6 is 27.7 Å². The molecule has 1 aliphatic rings. The molecule has 0 atom stereocenters. The number of hydrogen-bond donors (Lipinski definition) is 1. The number of carbonyl (C=O) groups excluding carboxylic acids is 1. The molecule has 0 aromatic heterocycles. The minimum atomic E-state index is -4.07. The number of rotatable bonds is 5. The van der Waals surface area contributed by atoms with Gasteiger partial charge in [-0.05, 0) is 42.7 Å². The highest BCUT2D eigenvalue weighted by Crippen LogP contribution is 2.27. The minimum Gasteiger partial charge on any atom is -0.378 e. The van der Waals surface area contributed by atoms with Crippen LogP contribution in [-0.4, -0.2) is 51.8 Å². The van der Waals surface area contributed by atoms with Crippen LogP contribution in [-0.2, 0) is 14.8 Å². The van der Waals surface area contributed by atoms with Gasteiger partial charge in [-0.3, -0.25) is 9.52 Å². The Balaban J connectivity index is 1.94. The first-order valence-corrected chi connectivity index (χ1v) is 11.8. The van der Waals surface area contributed by atoms with E-state index in [4.69, 9.17) is 4.74 Å². The van der Waals surface area contributed by atoms with Gasteiger partial charge in [-0.25, -0.2) is 12.8 Å². The summed E-state index contributed by atoms with van der Waals surface area (Å²) in [5, 5.41) is 0. The van der Waals surface area contributed by atoms with E-state index in [0.29, 0.717) is 41.2 Å². The summed E-state index contributed by atoms with van der Waals surface area (Å²) < 4.78 is 47.5. The quantitative estimate of drug-likeness (QED) is 0.650. The van der Waals surface area contributed by atoms with E-state index in [0.717, 1.165) is 0 Å². The minimum absolute atomic E-state index is 0.107. The van der Waals surface area contributed by atoms with Gasteiger partial charge in [0.2, 0.25) is 0 Å². The van der Waals surface area contributed by atoms with Crippen molar-refractivity contribution in [2.24, 2.45) is 0 Å². The molecule has 0 radical (unpaired) electrons. The highest BCUT2D eigenvalue weighted by atomic mass is 79.9. The Morgan fingerprint density at radius 3 is 2.57 bits per heavy atom. The van der Waals surface area contributed by atoms with Crippen molar-refractivity contribution in [2.75, 3.05) is 37.3 Å². The lowest BCUT2D eigenvalue weighted by molar-refractivity contribution is 0.0300. The molecule has 1 heterocycles. The predicted molar refractivity (Wildman–Crippen MR) is 110 cm³/mol. The third-order valence-corrected chi connectivity index (χ3v) is 6.84. The van der Waals surface area contributed by atoms with Gasteiger partial charge in [0.05, 0.1) is 29.4 Å². The molecule has 0 spiro atoms. The van der Waals surface area contributed by atoms with Crippen LogP contribution in [0.2, 0.25) is 0 Å². The number of morpholine rings is 1. The molecule has 6 nitrogen and oxygen atoms in total. The Morgan fingerprint density at radius 1 is 1.21 bits per heavy atom. The largest absolute Gasteiger partial charge is 0.378 e. The molecule has 28 heavy (non-hydrogen) atoms. The fourth-order valence-corrected chi connectivity index (χ4v) is 4.73. The van der Waals surface area contributed by atoms with E-state index in [1.54, 1.807) is 11.0 Å². The number of ether oxygens (including phenoxy) is 1. The van der Waals surface area contributed by atoms with Gasteiger partial charge in [0.25, 0.3) is 15.9 Å². The zero-order valence-corrected chi connectivity index (χ0v) is 18.2. The third-order valence-electron chi connectivity index (χ3n) is 4.19. The van der Waals surface area contributed by atoms with Crippen LogP contribution in [0.5, 0.6) is 0 Å². The first kappa shape index (κ1) is 21.1. The second-order valence-electron chi connectivity index (χ2n) is 6.00. The molecule has 2 aromatic carbocycles. The smallest absolute Gasteiger partial charge is 0.262 e. The lowest BCUT2D eigenvalue weighted by atomic mass is 10.2. The average molecular weight is 489 g/mol. The fraction of sp³-hybridized carbons (Fsp3) is 0.278. The molecule has 10 heteroatoms. The van der Waals surface area contributed by atoms with Gasteiger partial charge < -0.3 is 9.64 Å². The van der Waals surface area contributed by atoms with Crippen LogP contribution in [0.25, 0.3) is 0 Å². The van der Waals surface area contributed by atoms with Crippen molar-refractivity contribution in [3.05, 3.63) is 52.3 Å². The van der Waals surface area contributed by atoms with Crippen LogP contribution in [0.15, 0.2) is 50.7 Å². The van der Waals surface area contributed by atoms with Gasteiger partial charge in [0, 0.05) is 22.5 Å². The molecular formula is C18H18BrFN2O4S2. The van der Waals surface area contributed by atoms with Crippen LogP contribution in [0.3, 0.4) is 0 Å². The van der Waals surface area contributed by atoms with Gasteiger partial charge in [-0.2, -0.15) is 0 Å². The SMILES string of the molecule is CSc1ccc(S(=O)(=O)Nc2ccc(Br)cc2F)cc1C(=O)N1CCOCC1. The summed E-state index contributed by atoms with van der Waals surface area (Å²) in [6.45, 7) is 1.80. The fourth-order valence-electron chi connectivity index (χ4n) is 2.73. The molecule has 0 bridgehead atoms. The van der Waals surface area contributed by atoms with Gasteiger partial charge in [0.15, 0.2) is 0 Å². The number of anilines is 1. The molecule has 1 fully saturated rings. The van der Waals surface area contributed by atoms with Crippen LogP contribution in [0.1, 0.15) is 10.4 Å². The second kappa shape index (κ2) is 8.81. The summed E-state index contributed by atoms with van der Waals surface area (Å²) in [5.74, 6) is -0.956. The van der Waals surface area contributed by atoms with E-state index in [9.17, 15) is 17.6 Å². The lowest BCUT2D eigenvalue weighted by Crippen LogP contribution is -2.41. The second-order valence-corrected chi connectivity index (χ2v) is 9.44. The van der Waals surface area contributed by atoms with Crippen molar-refractivity contribution in [1.82, 2.24) is 4.90 Å². The molecule has 0 saturated carbocycles. The standard InChI is InChI=1S/C18H18BrFN2O4S2/c1-27-17-5-3-13(11-14(17)18(23)22-6-8-26-9-7-22)28(24,25)21-16-4-2-12(19)10-15(16)20/h2-5,10-11,21H,6-9H2,1H3. The maximum atomic E-state index is 14.0. The topological polar surface area (TPSA) is 75.7 Å². The van der Waals surface area contributed by atoms with Crippen molar-refractivity contribution in [2.45, 2.75) is 9.79 Å². The summed E-state index contributed by atoms with van der Waals surface area (Å²) in [5.41, 5.74) is 0.131. The van der Waals surface area contributed by atoms with E-state index in [2.05, 4.69) is 20.7 Å². The van der Waals surface area contributed by atoms with Gasteiger partial charge >= 0.3 is 0 Å². The molecule has 1 aliphatic heterocycles. The monoisotopic (exact) mass is 488 g/mol. The lowest BCUT2D eigenvalue weighted by Gasteiger charge is -2.27. The molecular weight excluding hydrogens is 471 g/mol. The Hall–Kier alpha value is -1.62. The summed E-state index contributed by atoms with van der Waals surface area (Å²) in [6.07, 6.45) is 1.81. The predicted octanol–water partition coefficient (Wildman–Crippen LogP) is 3.58. The van der Waals surface area contributed by atoms with Crippen LogP contribution in [0, 0.1) is 5.82 Å². The van der Waals surface area contributed by atoms with E-state index in [1.165, 1.54) is 42.1 Å². The molecule has 3 rings (SSSR count). The molecule has 1 saturated heterocycles. The molecule has 0 unspecified atom stereocenters. The van der Waals surface area contributed by atoms with Crippen LogP contribution < -0.4 is 4.72 Å². The van der Waals surface area contributed by atoms with Crippen molar-refractivity contribution in [3.63, 3.8) is 0 Å². The molecule has 0 aliphatic carbocycles. The number of nitrogens with one attached hydrogen (secondary N) is 1. The number of carbonyl (C=O) groups is 1. The molecule has 2 aromatic rings. The number of sulfonamides is 1. The van der Waals surface area contributed by atoms with Gasteiger partial charge in [-0.15, -0.1) is 11.8 Å². The molecule has 1 amide bonds. The molecule has 1 N–H and O–H groups in total. The van der Waals surface area contributed by atoms with Crippen molar-refractivity contribution >= 4 is 49.3 Å². The highest BCUT2D eigenvalue weighted by Gasteiger charge is 2.24. The normalized spacial score (nSPS) is 14.8. The summed E-state index contributed by atoms with van der Waals surface area (Å²) in [7, 11) is -4.07. The number of hydrogen-bond acceptors (Lipinski definition) is 5. The first-order valence-electron chi connectivity index (χ1n) is 8.35. The number of amides is 1. The Bertz CT molecular complexity index is 995. The summed E-state index contributed by atoms with van der Waals surface area (Å²) in [6, 6.07) is 8.36. The van der Waals surface area contributed by atoms with E-state index in [1.807, 2.05) is 6.26 Å². The Morgan fingerprint density at radius 2 is 1.93 bits per heavy atom. The summed E-state index contributed by atoms with van der Waals surface area (Å²) >= 11 is 4.49. The van der Waals surface area contributed by atoms with Crippen molar-refractivity contribution in [1.29, 1.82) is 0 Å². The Kier molecular flexibility index (Phi) is 6.64. The highest BCUT2D eigenvalue weighted by molar-refractivity contribution is 9.10. The van der Waals surface area contributed by atoms with Gasteiger partial charge in [-0.1, -0.05) is 15.9 Å². The zero-order chi connectivity index (χ0) is 20.3. The van der Waals surface area contributed by atoms with Gasteiger partial charge in [0.1, 0.15) is 5.82 Å². The van der Waals surface area contributed by atoms with Crippen molar-refractivity contribution in [3.8, 4) is 0 Å². The van der Waals surface area contributed by atoms with Crippen LogP contribution in [0.4, 0.5) is 10.1 Å². The van der Waals surface area contributed by atoms with Crippen molar-refractivity contribution < 1.29 is 22.3 Å². The van der Waals surface area contributed by atoms with E-state index in [-0.39, 0.29) is 16.5 Å². The first-order chi connectivity index (χ1) is 13.3.